The molecule has 0 aliphatic carbocycles. The molecule has 2 aromatic carbocycles. The predicted molar refractivity (Wildman–Crippen MR) is 122 cm³/mol. The fraction of sp³-hybridized carbons (Fsp3) is 0.333. The zero-order chi connectivity index (χ0) is 21.3. The van der Waals surface area contributed by atoms with Crippen LogP contribution in [0.1, 0.15) is 48.0 Å². The Kier molecular flexibility index (Phi) is 6.06. The second kappa shape index (κ2) is 8.74. The molecule has 156 valence electrons. The molecule has 2 heterocycles. The van der Waals surface area contributed by atoms with E-state index >= 15 is 0 Å². The van der Waals surface area contributed by atoms with E-state index in [1.807, 2.05) is 36.4 Å². The van der Waals surface area contributed by atoms with Crippen molar-refractivity contribution in [1.82, 2.24) is 9.80 Å². The fourth-order valence-electron chi connectivity index (χ4n) is 4.23. The maximum absolute atomic E-state index is 13.4. The summed E-state index contributed by atoms with van der Waals surface area (Å²) < 4.78 is 6.88. The van der Waals surface area contributed by atoms with Gasteiger partial charge in [-0.3, -0.25) is 9.59 Å². The van der Waals surface area contributed by atoms with Crippen molar-refractivity contribution in [2.24, 2.45) is 0 Å². The van der Waals surface area contributed by atoms with E-state index in [-0.39, 0.29) is 17.1 Å². The molecule has 0 bridgehead atoms. The molecule has 6 heteroatoms. The molecule has 1 aliphatic rings. The molecule has 3 aromatic rings. The molecule has 1 aliphatic heterocycles. The minimum Gasteiger partial charge on any atom is -0.450 e. The lowest BCUT2D eigenvalue weighted by atomic mass is 9.98. The Morgan fingerprint density at radius 2 is 1.83 bits per heavy atom. The number of carbonyl (C=O) groups is 1. The molecular weight excluding hydrogens is 444 g/mol. The Bertz CT molecular complexity index is 1140. The second-order valence-electron chi connectivity index (χ2n) is 7.51. The van der Waals surface area contributed by atoms with E-state index in [2.05, 4.69) is 34.7 Å². The first kappa shape index (κ1) is 20.8. The zero-order valence-corrected chi connectivity index (χ0v) is 18.8. The number of hydrogen-bond acceptors (Lipinski definition) is 4. The highest BCUT2D eigenvalue weighted by Gasteiger charge is 2.42. The quantitative estimate of drug-likeness (QED) is 0.498. The van der Waals surface area contributed by atoms with Gasteiger partial charge in [0.1, 0.15) is 5.58 Å². The smallest absolute Gasteiger partial charge is 0.290 e. The Balaban J connectivity index is 1.79. The molecule has 0 saturated heterocycles. The van der Waals surface area contributed by atoms with E-state index in [9.17, 15) is 9.59 Å². The summed E-state index contributed by atoms with van der Waals surface area (Å²) >= 11 is 3.52. The number of carbonyl (C=O) groups excluding carboxylic acids is 1. The average molecular weight is 469 g/mol. The monoisotopic (exact) mass is 468 g/mol. The first-order valence-electron chi connectivity index (χ1n) is 10.4. The van der Waals surface area contributed by atoms with Crippen LogP contribution in [0.15, 0.2) is 62.2 Å². The normalized spacial score (nSPS) is 15.9. The third-order valence-electron chi connectivity index (χ3n) is 5.81. The molecule has 4 rings (SSSR count). The number of rotatable bonds is 7. The number of nitrogens with zero attached hydrogens (tertiary/aromatic N) is 2. The summed E-state index contributed by atoms with van der Waals surface area (Å²) in [4.78, 5) is 30.9. The zero-order valence-electron chi connectivity index (χ0n) is 17.2. The first-order valence-corrected chi connectivity index (χ1v) is 11.2. The summed E-state index contributed by atoms with van der Waals surface area (Å²) in [6, 6.07) is 14.5. The van der Waals surface area contributed by atoms with Crippen LogP contribution in [-0.4, -0.2) is 41.9 Å². The van der Waals surface area contributed by atoms with Gasteiger partial charge in [0, 0.05) is 11.0 Å². The van der Waals surface area contributed by atoms with Crippen LogP contribution in [0, 0.1) is 0 Å². The topological polar surface area (TPSA) is 53.8 Å². The van der Waals surface area contributed by atoms with E-state index in [0.717, 1.165) is 36.1 Å². The highest BCUT2D eigenvalue weighted by molar-refractivity contribution is 9.10. The van der Waals surface area contributed by atoms with Crippen molar-refractivity contribution in [3.63, 3.8) is 0 Å². The van der Waals surface area contributed by atoms with Crippen molar-refractivity contribution in [2.75, 3.05) is 26.2 Å². The van der Waals surface area contributed by atoms with Crippen molar-refractivity contribution >= 4 is 32.8 Å². The highest BCUT2D eigenvalue weighted by atomic mass is 79.9. The van der Waals surface area contributed by atoms with Crippen LogP contribution in [-0.2, 0) is 0 Å². The number of hydrogen-bond donors (Lipinski definition) is 0. The molecule has 1 aromatic heterocycles. The van der Waals surface area contributed by atoms with Crippen LogP contribution >= 0.6 is 15.9 Å². The van der Waals surface area contributed by atoms with Gasteiger partial charge < -0.3 is 14.2 Å². The van der Waals surface area contributed by atoms with E-state index < -0.39 is 6.04 Å². The van der Waals surface area contributed by atoms with Gasteiger partial charge in [0.2, 0.25) is 5.76 Å². The summed E-state index contributed by atoms with van der Waals surface area (Å²) in [5.41, 5.74) is 1.67. The van der Waals surface area contributed by atoms with Gasteiger partial charge in [-0.15, -0.1) is 0 Å². The maximum Gasteiger partial charge on any atom is 0.290 e. The molecule has 5 nitrogen and oxygen atoms in total. The highest BCUT2D eigenvalue weighted by Crippen LogP contribution is 2.38. The van der Waals surface area contributed by atoms with Gasteiger partial charge in [0.25, 0.3) is 5.91 Å². The van der Waals surface area contributed by atoms with Gasteiger partial charge in [0.15, 0.2) is 5.43 Å². The van der Waals surface area contributed by atoms with E-state index in [4.69, 9.17) is 4.42 Å². The Morgan fingerprint density at radius 1 is 1.07 bits per heavy atom. The average Bonchev–Trinajstić information content (AvgIpc) is 3.03. The Hall–Kier alpha value is -2.44. The van der Waals surface area contributed by atoms with Gasteiger partial charge in [-0.2, -0.15) is 0 Å². The number of amides is 1. The number of fused-ring (bicyclic) bond motifs is 2. The van der Waals surface area contributed by atoms with Gasteiger partial charge in [-0.05, 0) is 55.9 Å². The molecule has 30 heavy (non-hydrogen) atoms. The molecule has 0 saturated carbocycles. The Labute approximate surface area is 184 Å². The third kappa shape index (κ3) is 3.70. The Morgan fingerprint density at radius 3 is 2.57 bits per heavy atom. The predicted octanol–water partition coefficient (Wildman–Crippen LogP) is 4.83. The summed E-state index contributed by atoms with van der Waals surface area (Å²) in [5, 5.41) is 0.508. The van der Waals surface area contributed by atoms with Crippen molar-refractivity contribution in [3.05, 3.63) is 80.1 Å². The lowest BCUT2D eigenvalue weighted by molar-refractivity contribution is 0.0720. The van der Waals surface area contributed by atoms with Crippen LogP contribution in [0.2, 0.25) is 0 Å². The van der Waals surface area contributed by atoms with Gasteiger partial charge in [0.05, 0.1) is 17.0 Å². The van der Waals surface area contributed by atoms with Crippen molar-refractivity contribution in [3.8, 4) is 0 Å². The standard InChI is InChI=1S/C24H25BrN2O3/c1-3-26(4-2)13-8-14-27-21(16-9-7-10-17(25)15-16)20-22(28)18-11-5-6-12-19(18)30-23(20)24(27)29/h5-7,9-12,15,21H,3-4,8,13-14H2,1-2H3/t21-/m0/s1. The molecule has 0 fully saturated rings. The van der Waals surface area contributed by atoms with Gasteiger partial charge in [-0.1, -0.05) is 54.0 Å². The maximum atomic E-state index is 13.4. The first-order chi connectivity index (χ1) is 14.5. The van der Waals surface area contributed by atoms with Gasteiger partial charge in [-0.25, -0.2) is 0 Å². The van der Waals surface area contributed by atoms with Crippen LogP contribution < -0.4 is 5.43 Å². The largest absolute Gasteiger partial charge is 0.450 e. The lowest BCUT2D eigenvalue weighted by Gasteiger charge is -2.26. The molecule has 0 spiro atoms. The van der Waals surface area contributed by atoms with Crippen LogP contribution in [0.25, 0.3) is 11.0 Å². The summed E-state index contributed by atoms with van der Waals surface area (Å²) in [6.45, 7) is 7.70. The van der Waals surface area contributed by atoms with Gasteiger partial charge >= 0.3 is 0 Å². The van der Waals surface area contributed by atoms with Crippen molar-refractivity contribution in [1.29, 1.82) is 0 Å². The third-order valence-corrected chi connectivity index (χ3v) is 6.30. The summed E-state index contributed by atoms with van der Waals surface area (Å²) in [7, 11) is 0. The molecule has 1 amide bonds. The molecule has 0 N–H and O–H groups in total. The fourth-order valence-corrected chi connectivity index (χ4v) is 4.64. The SMILES string of the molecule is CCN(CC)CCCN1C(=O)c2oc3ccccc3c(=O)c2[C@@H]1c1cccc(Br)c1. The number of benzene rings is 2. The summed E-state index contributed by atoms with van der Waals surface area (Å²) in [5.74, 6) is -0.0381. The lowest BCUT2D eigenvalue weighted by Crippen LogP contribution is -2.33. The van der Waals surface area contributed by atoms with Crippen LogP contribution in [0.4, 0.5) is 0 Å². The number of halogens is 1. The van der Waals surface area contributed by atoms with E-state index in [1.165, 1.54) is 0 Å². The summed E-state index contributed by atoms with van der Waals surface area (Å²) in [6.07, 6.45) is 0.833. The molecule has 0 unspecified atom stereocenters. The minimum atomic E-state index is -0.442. The minimum absolute atomic E-state index is 0.128. The van der Waals surface area contributed by atoms with E-state index in [1.54, 1.807) is 17.0 Å². The molecule has 0 radical (unpaired) electrons. The molecule has 1 atom stereocenters. The van der Waals surface area contributed by atoms with E-state index in [0.29, 0.717) is 23.1 Å². The van der Waals surface area contributed by atoms with Crippen molar-refractivity contribution < 1.29 is 9.21 Å². The van der Waals surface area contributed by atoms with Crippen LogP contribution in [0.3, 0.4) is 0 Å². The van der Waals surface area contributed by atoms with Crippen molar-refractivity contribution in [2.45, 2.75) is 26.3 Å². The second-order valence-corrected chi connectivity index (χ2v) is 8.42. The number of para-hydroxylation sites is 1. The van der Waals surface area contributed by atoms with Crippen LogP contribution in [0.5, 0.6) is 0 Å². The molecular formula is C24H25BrN2O3.